The van der Waals surface area contributed by atoms with Crippen LogP contribution in [0.2, 0.25) is 0 Å². The van der Waals surface area contributed by atoms with E-state index in [0.29, 0.717) is 17.9 Å². The molecule has 0 aromatic heterocycles. The summed E-state index contributed by atoms with van der Waals surface area (Å²) in [5.41, 5.74) is 0.651. The van der Waals surface area contributed by atoms with Crippen LogP contribution in [0.1, 0.15) is 56.3 Å². The zero-order valence-corrected chi connectivity index (χ0v) is 12.8. The van der Waals surface area contributed by atoms with Crippen LogP contribution in [0.25, 0.3) is 0 Å². The van der Waals surface area contributed by atoms with Crippen molar-refractivity contribution in [2.75, 3.05) is 6.61 Å². The fraction of sp³-hybridized carbons (Fsp3) is 0.533. The maximum absolute atomic E-state index is 11.5. The topological polar surface area (TPSA) is 26.3 Å². The van der Waals surface area contributed by atoms with E-state index in [1.54, 1.807) is 6.92 Å². The third-order valence-electron chi connectivity index (χ3n) is 2.83. The molecule has 18 heavy (non-hydrogen) atoms. The van der Waals surface area contributed by atoms with E-state index in [9.17, 15) is 4.79 Å². The van der Waals surface area contributed by atoms with E-state index in [0.717, 1.165) is 10.9 Å². The van der Waals surface area contributed by atoms with Crippen molar-refractivity contribution >= 4 is 21.7 Å². The van der Waals surface area contributed by atoms with E-state index in [-0.39, 0.29) is 5.78 Å². The van der Waals surface area contributed by atoms with Gasteiger partial charge in [-0.05, 0) is 31.5 Å². The molecule has 3 heteroatoms. The first-order chi connectivity index (χ1) is 8.65. The molecule has 0 bridgehead atoms. The maximum Gasteiger partial charge on any atom is 0.163 e. The van der Waals surface area contributed by atoms with Crippen molar-refractivity contribution in [3.63, 3.8) is 0 Å². The number of benzene rings is 1. The van der Waals surface area contributed by atoms with Crippen LogP contribution < -0.4 is 4.74 Å². The van der Waals surface area contributed by atoms with E-state index in [4.69, 9.17) is 4.74 Å². The van der Waals surface area contributed by atoms with Crippen molar-refractivity contribution in [1.82, 2.24) is 0 Å². The number of ether oxygens (including phenoxy) is 1. The second-order valence-corrected chi connectivity index (χ2v) is 5.38. The number of carbonyl (C=O) groups excluding carboxylic acids is 1. The zero-order chi connectivity index (χ0) is 13.4. The predicted molar refractivity (Wildman–Crippen MR) is 78.4 cm³/mol. The largest absolute Gasteiger partial charge is 0.493 e. The second-order valence-electron chi connectivity index (χ2n) is 4.46. The van der Waals surface area contributed by atoms with Crippen LogP contribution in [0.5, 0.6) is 5.75 Å². The van der Waals surface area contributed by atoms with Crippen molar-refractivity contribution in [2.24, 2.45) is 0 Å². The highest BCUT2D eigenvalue weighted by atomic mass is 79.9. The lowest BCUT2D eigenvalue weighted by Gasteiger charge is -2.10. The molecule has 0 aliphatic carbocycles. The molecule has 0 N–H and O–H groups in total. The summed E-state index contributed by atoms with van der Waals surface area (Å²) in [6.07, 6.45) is 6.05. The van der Waals surface area contributed by atoms with Crippen molar-refractivity contribution in [3.05, 3.63) is 28.2 Å². The molecule has 0 amide bonds. The van der Waals surface area contributed by atoms with E-state index in [1.165, 1.54) is 25.7 Å². The van der Waals surface area contributed by atoms with E-state index in [1.807, 2.05) is 18.2 Å². The minimum atomic E-state index is 0.0392. The lowest BCUT2D eigenvalue weighted by molar-refractivity contribution is 0.101. The van der Waals surface area contributed by atoms with Gasteiger partial charge in [0.1, 0.15) is 5.75 Å². The molecule has 1 aromatic rings. The first-order valence-corrected chi connectivity index (χ1v) is 7.37. The average Bonchev–Trinajstić information content (AvgIpc) is 2.35. The van der Waals surface area contributed by atoms with Crippen LogP contribution in [0.4, 0.5) is 0 Å². The van der Waals surface area contributed by atoms with E-state index < -0.39 is 0 Å². The van der Waals surface area contributed by atoms with Gasteiger partial charge in [0.2, 0.25) is 0 Å². The lowest BCUT2D eigenvalue weighted by Crippen LogP contribution is -2.03. The fourth-order valence-electron chi connectivity index (χ4n) is 1.79. The molecule has 0 fully saturated rings. The van der Waals surface area contributed by atoms with Gasteiger partial charge < -0.3 is 4.74 Å². The van der Waals surface area contributed by atoms with Crippen LogP contribution in [-0.2, 0) is 0 Å². The minimum absolute atomic E-state index is 0.0392. The Balaban J connectivity index is 2.44. The molecule has 100 valence electrons. The third kappa shape index (κ3) is 5.21. The number of hydrogen-bond acceptors (Lipinski definition) is 2. The van der Waals surface area contributed by atoms with Gasteiger partial charge in [-0.25, -0.2) is 0 Å². The first kappa shape index (κ1) is 15.2. The predicted octanol–water partition coefficient (Wildman–Crippen LogP) is 5.00. The molecule has 0 radical (unpaired) electrons. The monoisotopic (exact) mass is 312 g/mol. The van der Waals surface area contributed by atoms with Gasteiger partial charge in [-0.1, -0.05) is 48.5 Å². The van der Waals surface area contributed by atoms with Gasteiger partial charge in [0.05, 0.1) is 12.2 Å². The standard InChI is InChI=1S/C15H21BrO2/c1-3-4-5-6-7-10-18-15-9-8-13(16)11-14(15)12(2)17/h8-9,11H,3-7,10H2,1-2H3. The third-order valence-corrected chi connectivity index (χ3v) is 3.32. The molecule has 2 nitrogen and oxygen atoms in total. The van der Waals surface area contributed by atoms with E-state index >= 15 is 0 Å². The smallest absolute Gasteiger partial charge is 0.163 e. The highest BCUT2D eigenvalue weighted by molar-refractivity contribution is 9.10. The Morgan fingerprint density at radius 3 is 2.61 bits per heavy atom. The first-order valence-electron chi connectivity index (χ1n) is 6.58. The Hall–Kier alpha value is -0.830. The molecule has 0 heterocycles. The molecule has 0 spiro atoms. The van der Waals surface area contributed by atoms with Crippen molar-refractivity contribution in [3.8, 4) is 5.75 Å². The number of rotatable bonds is 8. The molecule has 0 aliphatic heterocycles. The molecule has 0 aliphatic rings. The number of Topliss-reactive ketones (excluding diaryl/α,β-unsaturated/α-hetero) is 1. The fourth-order valence-corrected chi connectivity index (χ4v) is 2.15. The number of ketones is 1. The molecular weight excluding hydrogens is 292 g/mol. The highest BCUT2D eigenvalue weighted by Gasteiger charge is 2.08. The molecule has 1 aromatic carbocycles. The Bertz CT molecular complexity index is 388. The Morgan fingerprint density at radius 1 is 1.22 bits per heavy atom. The number of unbranched alkanes of at least 4 members (excludes halogenated alkanes) is 4. The number of carbonyl (C=O) groups is 1. The SMILES string of the molecule is CCCCCCCOc1ccc(Br)cc1C(C)=O. The Morgan fingerprint density at radius 2 is 1.94 bits per heavy atom. The molecule has 0 atom stereocenters. The maximum atomic E-state index is 11.5. The summed E-state index contributed by atoms with van der Waals surface area (Å²) in [6.45, 7) is 4.46. The molecule has 0 saturated carbocycles. The number of hydrogen-bond donors (Lipinski definition) is 0. The Kier molecular flexibility index (Phi) is 7.02. The molecule has 0 unspecified atom stereocenters. The van der Waals surface area contributed by atoms with Crippen molar-refractivity contribution in [1.29, 1.82) is 0 Å². The van der Waals surface area contributed by atoms with Gasteiger partial charge in [-0.3, -0.25) is 4.79 Å². The molecule has 1 rings (SSSR count). The second kappa shape index (κ2) is 8.30. The van der Waals surface area contributed by atoms with Crippen LogP contribution in [0.15, 0.2) is 22.7 Å². The van der Waals surface area contributed by atoms with Gasteiger partial charge in [0.25, 0.3) is 0 Å². The summed E-state index contributed by atoms with van der Waals surface area (Å²) in [7, 11) is 0. The number of halogens is 1. The van der Waals surface area contributed by atoms with E-state index in [2.05, 4.69) is 22.9 Å². The van der Waals surface area contributed by atoms with Gasteiger partial charge >= 0.3 is 0 Å². The molecular formula is C15H21BrO2. The van der Waals surface area contributed by atoms with Crippen LogP contribution >= 0.6 is 15.9 Å². The van der Waals surface area contributed by atoms with Gasteiger partial charge in [-0.15, -0.1) is 0 Å². The summed E-state index contributed by atoms with van der Waals surface area (Å²) >= 11 is 3.37. The summed E-state index contributed by atoms with van der Waals surface area (Å²) in [5, 5.41) is 0. The van der Waals surface area contributed by atoms with Crippen molar-refractivity contribution in [2.45, 2.75) is 46.0 Å². The summed E-state index contributed by atoms with van der Waals surface area (Å²) in [5.74, 6) is 0.735. The summed E-state index contributed by atoms with van der Waals surface area (Å²) in [6, 6.07) is 5.57. The normalized spacial score (nSPS) is 10.4. The zero-order valence-electron chi connectivity index (χ0n) is 11.2. The average molecular weight is 313 g/mol. The van der Waals surface area contributed by atoms with Crippen LogP contribution in [-0.4, -0.2) is 12.4 Å². The van der Waals surface area contributed by atoms with Crippen molar-refractivity contribution < 1.29 is 9.53 Å². The lowest BCUT2D eigenvalue weighted by atomic mass is 10.1. The van der Waals surface area contributed by atoms with Gasteiger partial charge in [0, 0.05) is 4.47 Å². The molecule has 0 saturated heterocycles. The minimum Gasteiger partial charge on any atom is -0.493 e. The quantitative estimate of drug-likeness (QED) is 0.498. The van der Waals surface area contributed by atoms with Crippen LogP contribution in [0.3, 0.4) is 0 Å². The Labute approximate surface area is 118 Å². The summed E-state index contributed by atoms with van der Waals surface area (Å²) in [4.78, 5) is 11.5. The highest BCUT2D eigenvalue weighted by Crippen LogP contribution is 2.24. The van der Waals surface area contributed by atoms with Gasteiger partial charge in [-0.2, -0.15) is 0 Å². The summed E-state index contributed by atoms with van der Waals surface area (Å²) < 4.78 is 6.60. The van der Waals surface area contributed by atoms with Gasteiger partial charge in [0.15, 0.2) is 5.78 Å². The van der Waals surface area contributed by atoms with Crippen LogP contribution in [0, 0.1) is 0 Å².